The third kappa shape index (κ3) is 2.98. The van der Waals surface area contributed by atoms with Gasteiger partial charge in [0, 0.05) is 12.1 Å². The Labute approximate surface area is 164 Å². The minimum Gasteiger partial charge on any atom is -0.351 e. The van der Waals surface area contributed by atoms with Crippen molar-refractivity contribution >= 4 is 33.4 Å². The van der Waals surface area contributed by atoms with E-state index in [0.717, 1.165) is 41.8 Å². The van der Waals surface area contributed by atoms with Crippen LogP contribution >= 0.6 is 11.3 Å². The summed E-state index contributed by atoms with van der Waals surface area (Å²) in [6.07, 6.45) is 4.38. The van der Waals surface area contributed by atoms with E-state index >= 15 is 0 Å². The third-order valence-corrected chi connectivity index (χ3v) is 7.17. The molecule has 146 valence electrons. The molecule has 4 rings (SSSR count). The Morgan fingerprint density at radius 3 is 2.67 bits per heavy atom. The maximum atomic E-state index is 13.4. The van der Waals surface area contributed by atoms with E-state index in [9.17, 15) is 9.59 Å². The molecule has 6 heteroatoms. The molecule has 2 aliphatic rings. The quantitative estimate of drug-likeness (QED) is 0.865. The molecule has 5 nitrogen and oxygen atoms in total. The molecule has 1 atom stereocenters. The van der Waals surface area contributed by atoms with E-state index < -0.39 is 5.54 Å². The van der Waals surface area contributed by atoms with Gasteiger partial charge in [0.2, 0.25) is 5.91 Å². The molecular weight excluding hydrogens is 358 g/mol. The largest absolute Gasteiger partial charge is 0.351 e. The van der Waals surface area contributed by atoms with Gasteiger partial charge in [0.25, 0.3) is 5.91 Å². The fourth-order valence-corrected chi connectivity index (χ4v) is 5.61. The Balaban J connectivity index is 1.67. The van der Waals surface area contributed by atoms with Crippen LogP contribution in [0.5, 0.6) is 0 Å². The maximum Gasteiger partial charge on any atom is 0.271 e. The standard InChI is InChI=1S/C21H29N3O2S/c1-13(2)24-19(25)17-11-18-16(9-10-27-18)23(17)12-21(24,4)20(26)22-15-7-5-14(3)6-8-15/h9-11,13-15H,5-8,12H2,1-4H3,(H,22,26). The molecule has 1 N–H and O–H groups in total. The number of fused-ring (bicyclic) bond motifs is 3. The van der Waals surface area contributed by atoms with E-state index in [2.05, 4.69) is 12.2 Å². The van der Waals surface area contributed by atoms with Crippen molar-refractivity contribution in [2.75, 3.05) is 0 Å². The van der Waals surface area contributed by atoms with Gasteiger partial charge in [0.05, 0.1) is 16.8 Å². The highest BCUT2D eigenvalue weighted by Gasteiger charge is 2.49. The van der Waals surface area contributed by atoms with Gasteiger partial charge in [-0.05, 0) is 69.9 Å². The topological polar surface area (TPSA) is 54.3 Å². The number of carbonyl (C=O) groups excluding carboxylic acids is 2. The fourth-order valence-electron chi connectivity index (χ4n) is 4.79. The van der Waals surface area contributed by atoms with Crippen molar-refractivity contribution in [3.05, 3.63) is 23.2 Å². The SMILES string of the molecule is CC1CCC(NC(=O)C2(C)Cn3c(cc4sccc43)C(=O)N2C(C)C)CC1. The van der Waals surface area contributed by atoms with Crippen LogP contribution in [0, 0.1) is 5.92 Å². The summed E-state index contributed by atoms with van der Waals surface area (Å²) >= 11 is 1.64. The molecule has 1 aliphatic heterocycles. The summed E-state index contributed by atoms with van der Waals surface area (Å²) in [7, 11) is 0. The highest BCUT2D eigenvalue weighted by molar-refractivity contribution is 7.17. The zero-order chi connectivity index (χ0) is 19.3. The summed E-state index contributed by atoms with van der Waals surface area (Å²) in [6, 6.07) is 4.20. The van der Waals surface area contributed by atoms with Crippen LogP contribution in [0.1, 0.15) is 63.9 Å². The second kappa shape index (κ2) is 6.66. The lowest BCUT2D eigenvalue weighted by molar-refractivity contribution is -0.134. The molecule has 3 heterocycles. The van der Waals surface area contributed by atoms with Gasteiger partial charge in [-0.25, -0.2) is 0 Å². The number of hydrogen-bond acceptors (Lipinski definition) is 3. The van der Waals surface area contributed by atoms with Crippen LogP contribution in [0.4, 0.5) is 0 Å². The van der Waals surface area contributed by atoms with Crippen molar-refractivity contribution in [3.63, 3.8) is 0 Å². The number of aromatic nitrogens is 1. The number of carbonyl (C=O) groups is 2. The Kier molecular flexibility index (Phi) is 4.57. The Bertz CT molecular complexity index is 875. The van der Waals surface area contributed by atoms with Crippen molar-refractivity contribution in [1.29, 1.82) is 0 Å². The van der Waals surface area contributed by atoms with Crippen LogP contribution in [-0.2, 0) is 11.3 Å². The van der Waals surface area contributed by atoms with E-state index in [0.29, 0.717) is 12.2 Å². The molecule has 0 saturated heterocycles. The molecule has 1 aliphatic carbocycles. The van der Waals surface area contributed by atoms with Crippen molar-refractivity contribution in [2.45, 2.75) is 77.5 Å². The lowest BCUT2D eigenvalue weighted by Gasteiger charge is -2.47. The van der Waals surface area contributed by atoms with Crippen LogP contribution in [0.15, 0.2) is 17.5 Å². The molecular formula is C21H29N3O2S. The summed E-state index contributed by atoms with van der Waals surface area (Å²) in [6.45, 7) is 8.69. The second-order valence-corrected chi connectivity index (χ2v) is 9.71. The van der Waals surface area contributed by atoms with Crippen LogP contribution in [0.25, 0.3) is 10.2 Å². The molecule has 1 unspecified atom stereocenters. The molecule has 2 amide bonds. The van der Waals surface area contributed by atoms with Gasteiger partial charge in [-0.15, -0.1) is 11.3 Å². The van der Waals surface area contributed by atoms with Crippen molar-refractivity contribution < 1.29 is 9.59 Å². The number of rotatable bonds is 3. The highest BCUT2D eigenvalue weighted by Crippen LogP contribution is 2.35. The molecule has 2 aromatic rings. The Morgan fingerprint density at radius 1 is 1.30 bits per heavy atom. The first-order chi connectivity index (χ1) is 12.8. The van der Waals surface area contributed by atoms with Gasteiger partial charge in [-0.2, -0.15) is 0 Å². The lowest BCUT2D eigenvalue weighted by atomic mass is 9.86. The summed E-state index contributed by atoms with van der Waals surface area (Å²) in [5, 5.41) is 5.32. The van der Waals surface area contributed by atoms with E-state index in [1.54, 1.807) is 16.2 Å². The monoisotopic (exact) mass is 387 g/mol. The van der Waals surface area contributed by atoms with Crippen LogP contribution in [0.3, 0.4) is 0 Å². The third-order valence-electron chi connectivity index (χ3n) is 6.32. The first-order valence-corrected chi connectivity index (χ1v) is 10.9. The van der Waals surface area contributed by atoms with E-state index in [-0.39, 0.29) is 23.9 Å². The van der Waals surface area contributed by atoms with Gasteiger partial charge in [-0.3, -0.25) is 9.59 Å². The zero-order valence-corrected chi connectivity index (χ0v) is 17.4. The van der Waals surface area contributed by atoms with Crippen molar-refractivity contribution in [1.82, 2.24) is 14.8 Å². The Morgan fingerprint density at radius 2 is 2.00 bits per heavy atom. The lowest BCUT2D eigenvalue weighted by Crippen LogP contribution is -2.66. The van der Waals surface area contributed by atoms with Crippen LogP contribution in [-0.4, -0.2) is 38.9 Å². The second-order valence-electron chi connectivity index (χ2n) is 8.76. The zero-order valence-electron chi connectivity index (χ0n) is 16.6. The molecule has 0 bridgehead atoms. The average Bonchev–Trinajstić information content (AvgIpc) is 3.19. The number of nitrogens with zero attached hydrogens (tertiary/aromatic N) is 2. The minimum atomic E-state index is -0.880. The van der Waals surface area contributed by atoms with Gasteiger partial charge < -0.3 is 14.8 Å². The minimum absolute atomic E-state index is 0.0215. The Hall–Kier alpha value is -1.82. The number of nitrogens with one attached hydrogen (secondary N) is 1. The molecule has 0 spiro atoms. The molecule has 0 radical (unpaired) electrons. The van der Waals surface area contributed by atoms with Crippen LogP contribution < -0.4 is 5.32 Å². The molecule has 27 heavy (non-hydrogen) atoms. The maximum absolute atomic E-state index is 13.4. The highest BCUT2D eigenvalue weighted by atomic mass is 32.1. The smallest absolute Gasteiger partial charge is 0.271 e. The van der Waals surface area contributed by atoms with Crippen molar-refractivity contribution in [2.24, 2.45) is 5.92 Å². The predicted octanol–water partition coefficient (Wildman–Crippen LogP) is 4.02. The first kappa shape index (κ1) is 18.5. The predicted molar refractivity (Wildman–Crippen MR) is 109 cm³/mol. The summed E-state index contributed by atoms with van der Waals surface area (Å²) in [5.74, 6) is 0.674. The normalized spacial score (nSPS) is 28.6. The summed E-state index contributed by atoms with van der Waals surface area (Å²) in [5.41, 5.74) is 0.870. The summed E-state index contributed by atoms with van der Waals surface area (Å²) < 4.78 is 3.14. The van der Waals surface area contributed by atoms with Crippen molar-refractivity contribution in [3.8, 4) is 0 Å². The van der Waals surface area contributed by atoms with Crippen LogP contribution in [0.2, 0.25) is 0 Å². The molecule has 0 aromatic carbocycles. The van der Waals surface area contributed by atoms with E-state index in [1.165, 1.54) is 0 Å². The van der Waals surface area contributed by atoms with E-state index in [4.69, 9.17) is 0 Å². The molecule has 1 fully saturated rings. The van der Waals surface area contributed by atoms with Gasteiger partial charge >= 0.3 is 0 Å². The number of hydrogen-bond donors (Lipinski definition) is 1. The summed E-state index contributed by atoms with van der Waals surface area (Å²) in [4.78, 5) is 28.5. The van der Waals surface area contributed by atoms with Gasteiger partial charge in [0.15, 0.2) is 0 Å². The number of thiophene rings is 1. The van der Waals surface area contributed by atoms with E-state index in [1.807, 2.05) is 42.9 Å². The molecule has 2 aromatic heterocycles. The average molecular weight is 388 g/mol. The van der Waals surface area contributed by atoms with Gasteiger partial charge in [0.1, 0.15) is 11.2 Å². The first-order valence-electron chi connectivity index (χ1n) is 10.0. The fraction of sp³-hybridized carbons (Fsp3) is 0.619. The molecule has 1 saturated carbocycles. The number of amides is 2. The van der Waals surface area contributed by atoms with Gasteiger partial charge in [-0.1, -0.05) is 6.92 Å².